The van der Waals surface area contributed by atoms with Crippen LogP contribution in [0.3, 0.4) is 0 Å². The second-order valence-electron chi connectivity index (χ2n) is 5.28. The molecule has 0 aliphatic rings. The van der Waals surface area contributed by atoms with Gasteiger partial charge in [0.15, 0.2) is 0 Å². The van der Waals surface area contributed by atoms with Gasteiger partial charge in [0.2, 0.25) is 5.91 Å². The van der Waals surface area contributed by atoms with E-state index in [9.17, 15) is 4.79 Å². The first-order chi connectivity index (χ1) is 10.1. The molecule has 0 radical (unpaired) electrons. The summed E-state index contributed by atoms with van der Waals surface area (Å²) in [5.41, 5.74) is 10.7. The first-order valence-corrected chi connectivity index (χ1v) is 7.28. The lowest BCUT2D eigenvalue weighted by Crippen LogP contribution is -2.15. The molecule has 0 heterocycles. The number of carbonyl (C=O) groups is 1. The van der Waals surface area contributed by atoms with Crippen LogP contribution in [0.4, 0.5) is 0 Å². The summed E-state index contributed by atoms with van der Waals surface area (Å²) in [7, 11) is 0. The van der Waals surface area contributed by atoms with Gasteiger partial charge in [0.1, 0.15) is 0 Å². The molecule has 0 atom stereocenters. The minimum atomic E-state index is -0.381. The number of carbonyl (C=O) groups excluding carboxylic acids is 1. The number of nitrogens with two attached hydrogens (primary N) is 1. The van der Waals surface area contributed by atoms with Gasteiger partial charge in [-0.15, -0.1) is 0 Å². The van der Waals surface area contributed by atoms with Crippen molar-refractivity contribution < 1.29 is 4.79 Å². The van der Waals surface area contributed by atoms with Crippen molar-refractivity contribution in [2.45, 2.75) is 33.4 Å². The number of nitrogens with one attached hydrogen (secondary N) is 1. The van der Waals surface area contributed by atoms with Crippen molar-refractivity contribution in [2.24, 2.45) is 5.73 Å². The van der Waals surface area contributed by atoms with E-state index in [1.165, 1.54) is 16.7 Å². The second-order valence-corrected chi connectivity index (χ2v) is 5.28. The number of benzene rings is 2. The monoisotopic (exact) mass is 282 g/mol. The van der Waals surface area contributed by atoms with Crippen molar-refractivity contribution >= 4 is 5.91 Å². The highest BCUT2D eigenvalue weighted by Gasteiger charge is 2.04. The lowest BCUT2D eigenvalue weighted by atomic mass is 10.0. The van der Waals surface area contributed by atoms with Gasteiger partial charge in [-0.2, -0.15) is 0 Å². The van der Waals surface area contributed by atoms with Crippen molar-refractivity contribution in [3.8, 4) is 0 Å². The van der Waals surface area contributed by atoms with E-state index in [-0.39, 0.29) is 5.91 Å². The fraction of sp³-hybridized carbons (Fsp3) is 0.278. The summed E-state index contributed by atoms with van der Waals surface area (Å²) in [5, 5.41) is 3.43. The molecular formula is C18H22N2O. The zero-order valence-corrected chi connectivity index (χ0v) is 12.6. The molecule has 0 spiro atoms. The third kappa shape index (κ3) is 4.17. The van der Waals surface area contributed by atoms with Crippen molar-refractivity contribution in [3.05, 3.63) is 70.3 Å². The van der Waals surface area contributed by atoms with E-state index in [4.69, 9.17) is 5.73 Å². The van der Waals surface area contributed by atoms with Crippen LogP contribution in [-0.2, 0) is 19.5 Å². The quantitative estimate of drug-likeness (QED) is 0.856. The van der Waals surface area contributed by atoms with E-state index in [1.807, 2.05) is 19.1 Å². The molecule has 0 fully saturated rings. The molecule has 0 aliphatic carbocycles. The highest BCUT2D eigenvalue weighted by molar-refractivity contribution is 5.93. The lowest BCUT2D eigenvalue weighted by Gasteiger charge is -2.09. The Hall–Kier alpha value is -2.13. The maximum Gasteiger partial charge on any atom is 0.248 e. The van der Waals surface area contributed by atoms with Crippen molar-refractivity contribution in [3.63, 3.8) is 0 Å². The Balaban J connectivity index is 1.92. The molecule has 2 aromatic rings. The molecule has 3 nitrogen and oxygen atoms in total. The fourth-order valence-corrected chi connectivity index (χ4v) is 2.28. The molecule has 2 aromatic carbocycles. The van der Waals surface area contributed by atoms with Crippen LogP contribution >= 0.6 is 0 Å². The van der Waals surface area contributed by atoms with Gasteiger partial charge >= 0.3 is 0 Å². The average molecular weight is 282 g/mol. The van der Waals surface area contributed by atoms with Gasteiger partial charge in [-0.1, -0.05) is 37.3 Å². The SMILES string of the molecule is CCc1ccc(CNCc2ccc(C(N)=O)cc2C)cc1. The minimum absolute atomic E-state index is 0.381. The van der Waals surface area contributed by atoms with Gasteiger partial charge in [0, 0.05) is 18.7 Å². The third-order valence-electron chi connectivity index (χ3n) is 3.70. The highest BCUT2D eigenvalue weighted by Crippen LogP contribution is 2.11. The standard InChI is InChI=1S/C18H22N2O/c1-3-14-4-6-15(7-5-14)11-20-12-17-9-8-16(18(19)21)10-13(17)2/h4-10,20H,3,11-12H2,1-2H3,(H2,19,21). The molecule has 21 heavy (non-hydrogen) atoms. The van der Waals surface area contributed by atoms with Crippen LogP contribution in [0.2, 0.25) is 0 Å². The van der Waals surface area contributed by atoms with Gasteiger partial charge in [0.05, 0.1) is 0 Å². The molecule has 3 N–H and O–H groups in total. The number of hydrogen-bond donors (Lipinski definition) is 2. The topological polar surface area (TPSA) is 55.1 Å². The second kappa shape index (κ2) is 7.04. The van der Waals surface area contributed by atoms with Gasteiger partial charge in [-0.05, 0) is 47.7 Å². The summed E-state index contributed by atoms with van der Waals surface area (Å²) in [4.78, 5) is 11.1. The van der Waals surface area contributed by atoms with Crippen LogP contribution in [0.1, 0.15) is 39.5 Å². The minimum Gasteiger partial charge on any atom is -0.366 e. The summed E-state index contributed by atoms with van der Waals surface area (Å²) < 4.78 is 0. The number of aryl methyl sites for hydroxylation is 2. The van der Waals surface area contributed by atoms with E-state index < -0.39 is 0 Å². The van der Waals surface area contributed by atoms with Crippen LogP contribution in [0.25, 0.3) is 0 Å². The van der Waals surface area contributed by atoms with Crippen LogP contribution < -0.4 is 11.1 Å². The lowest BCUT2D eigenvalue weighted by molar-refractivity contribution is 0.1000. The van der Waals surface area contributed by atoms with Gasteiger partial charge < -0.3 is 11.1 Å². The Morgan fingerprint density at radius 2 is 1.71 bits per heavy atom. The maximum absolute atomic E-state index is 11.1. The Kier molecular flexibility index (Phi) is 5.12. The van der Waals surface area contributed by atoms with Crippen molar-refractivity contribution in [1.82, 2.24) is 5.32 Å². The van der Waals surface area contributed by atoms with E-state index in [1.54, 1.807) is 6.07 Å². The zero-order chi connectivity index (χ0) is 15.2. The van der Waals surface area contributed by atoms with E-state index in [0.717, 1.165) is 25.1 Å². The molecule has 110 valence electrons. The highest BCUT2D eigenvalue weighted by atomic mass is 16.1. The third-order valence-corrected chi connectivity index (χ3v) is 3.70. The number of primary amides is 1. The van der Waals surface area contributed by atoms with Crippen LogP contribution in [0, 0.1) is 6.92 Å². The zero-order valence-electron chi connectivity index (χ0n) is 12.6. The summed E-state index contributed by atoms with van der Waals surface area (Å²) in [6.07, 6.45) is 1.07. The van der Waals surface area contributed by atoms with Crippen molar-refractivity contribution in [2.75, 3.05) is 0 Å². The van der Waals surface area contributed by atoms with Crippen molar-refractivity contribution in [1.29, 1.82) is 0 Å². The molecule has 2 rings (SSSR count). The Morgan fingerprint density at radius 1 is 1.05 bits per heavy atom. The molecule has 0 saturated heterocycles. The summed E-state index contributed by atoms with van der Waals surface area (Å²) >= 11 is 0. The molecular weight excluding hydrogens is 260 g/mol. The Bertz CT molecular complexity index is 618. The van der Waals surface area contributed by atoms with E-state index in [2.05, 4.69) is 36.5 Å². The van der Waals surface area contributed by atoms with Gasteiger partial charge in [-0.3, -0.25) is 4.79 Å². The molecule has 1 amide bonds. The van der Waals surface area contributed by atoms with Crippen LogP contribution in [0.15, 0.2) is 42.5 Å². The van der Waals surface area contributed by atoms with E-state index in [0.29, 0.717) is 5.56 Å². The Morgan fingerprint density at radius 3 is 2.29 bits per heavy atom. The largest absolute Gasteiger partial charge is 0.366 e. The number of hydrogen-bond acceptors (Lipinski definition) is 2. The van der Waals surface area contributed by atoms with Gasteiger partial charge in [0.25, 0.3) is 0 Å². The normalized spacial score (nSPS) is 10.6. The summed E-state index contributed by atoms with van der Waals surface area (Å²) in [6.45, 7) is 5.77. The number of rotatable bonds is 6. The summed E-state index contributed by atoms with van der Waals surface area (Å²) in [6, 6.07) is 14.2. The predicted octanol–water partition coefficient (Wildman–Crippen LogP) is 2.95. The smallest absolute Gasteiger partial charge is 0.248 e. The molecule has 0 bridgehead atoms. The molecule has 0 saturated carbocycles. The molecule has 0 aliphatic heterocycles. The summed E-state index contributed by atoms with van der Waals surface area (Å²) in [5.74, 6) is -0.381. The fourth-order valence-electron chi connectivity index (χ4n) is 2.28. The van der Waals surface area contributed by atoms with Crippen LogP contribution in [0.5, 0.6) is 0 Å². The molecule has 3 heteroatoms. The van der Waals surface area contributed by atoms with Crippen LogP contribution in [-0.4, -0.2) is 5.91 Å². The van der Waals surface area contributed by atoms with E-state index >= 15 is 0 Å². The maximum atomic E-state index is 11.1. The first-order valence-electron chi connectivity index (χ1n) is 7.28. The number of amides is 1. The molecule has 0 aromatic heterocycles. The Labute approximate surface area is 126 Å². The average Bonchev–Trinajstić information content (AvgIpc) is 2.49. The predicted molar refractivity (Wildman–Crippen MR) is 86.1 cm³/mol. The van der Waals surface area contributed by atoms with Gasteiger partial charge in [-0.25, -0.2) is 0 Å². The first kappa shape index (κ1) is 15.3. The molecule has 0 unspecified atom stereocenters.